The minimum Gasteiger partial charge on any atom is -0.609 e. The summed E-state index contributed by atoms with van der Waals surface area (Å²) in [7, 11) is -4.52. The molecule has 0 aliphatic rings. The molecule has 4 rings (SSSR count). The van der Waals surface area contributed by atoms with E-state index in [1.54, 1.807) is 12.1 Å². The Morgan fingerprint density at radius 3 is 2.49 bits per heavy atom. The molecular formula is C24H19F3N3NaO6S2. The quantitative estimate of drug-likeness (QED) is 0.205. The van der Waals surface area contributed by atoms with Crippen molar-refractivity contribution in [1.29, 1.82) is 0 Å². The summed E-state index contributed by atoms with van der Waals surface area (Å²) in [6.45, 7) is 1.39. The molecule has 1 atom stereocenters. The van der Waals surface area contributed by atoms with E-state index in [4.69, 9.17) is 4.74 Å². The number of aryl methyl sites for hydroxylation is 1. The second kappa shape index (κ2) is 11.9. The number of imidazole rings is 1. The summed E-state index contributed by atoms with van der Waals surface area (Å²) < 4.78 is 84.6. The number of para-hydroxylation sites is 2. The van der Waals surface area contributed by atoms with E-state index in [9.17, 15) is 36.0 Å². The Hall–Kier alpha value is -2.62. The van der Waals surface area contributed by atoms with E-state index in [0.717, 1.165) is 10.0 Å². The Morgan fingerprint density at radius 1 is 1.13 bits per heavy atom. The number of nitrogens with zero attached hydrogens (tertiary/aromatic N) is 3. The van der Waals surface area contributed by atoms with Gasteiger partial charge in [0.25, 0.3) is 10.0 Å². The predicted molar refractivity (Wildman–Crippen MR) is 128 cm³/mol. The number of alkyl halides is 3. The van der Waals surface area contributed by atoms with Crippen LogP contribution in [0.3, 0.4) is 0 Å². The number of fused-ring (bicyclic) bond motifs is 1. The number of pyridine rings is 1. The summed E-state index contributed by atoms with van der Waals surface area (Å²) in [5.74, 6) is -2.07. The topological polar surface area (TPSA) is 137 Å². The number of halogens is 3. The van der Waals surface area contributed by atoms with Crippen molar-refractivity contribution in [2.45, 2.75) is 35.8 Å². The predicted octanol–water partition coefficient (Wildman–Crippen LogP) is -0.0985. The van der Waals surface area contributed by atoms with Crippen molar-refractivity contribution >= 4 is 38.2 Å². The van der Waals surface area contributed by atoms with Gasteiger partial charge in [-0.05, 0) is 49.2 Å². The van der Waals surface area contributed by atoms with E-state index in [1.165, 1.54) is 50.4 Å². The largest absolute Gasteiger partial charge is 1.00 e. The van der Waals surface area contributed by atoms with E-state index in [2.05, 4.69) is 9.97 Å². The Labute approximate surface area is 246 Å². The van der Waals surface area contributed by atoms with Crippen molar-refractivity contribution in [3.8, 4) is 5.75 Å². The number of carbonyl (C=O) groups excluding carboxylic acids is 1. The number of aromatic nitrogens is 3. The van der Waals surface area contributed by atoms with E-state index >= 15 is 0 Å². The van der Waals surface area contributed by atoms with E-state index in [0.29, 0.717) is 0 Å². The molecule has 2 aromatic carbocycles. The Bertz CT molecular complexity index is 1640. The maximum atomic E-state index is 13.8. The number of hydrogen-bond donors (Lipinski definition) is 0. The third-order valence-electron chi connectivity index (χ3n) is 5.55. The molecule has 0 amide bonds. The number of benzene rings is 2. The molecule has 15 heteroatoms. The SMILES string of the molecule is Cc1ccc(C(=O)[O-])cc1S(=O)(=O)n1c([S+]([O-])Cc2nccc(OCC(F)(F)F)c2C)nc2ccccc21.[Na+]. The number of aromatic carboxylic acids is 1. The van der Waals surface area contributed by atoms with Crippen molar-refractivity contribution in [2.24, 2.45) is 0 Å². The molecule has 0 aliphatic carbocycles. The molecule has 0 spiro atoms. The summed E-state index contributed by atoms with van der Waals surface area (Å²) in [6, 6.07) is 10.8. The minimum absolute atomic E-state index is 0. The molecule has 0 radical (unpaired) electrons. The summed E-state index contributed by atoms with van der Waals surface area (Å²) in [6.07, 6.45) is -3.37. The van der Waals surface area contributed by atoms with Crippen LogP contribution in [0.15, 0.2) is 64.8 Å². The van der Waals surface area contributed by atoms with Gasteiger partial charge in [0.1, 0.15) is 5.75 Å². The molecule has 1 unspecified atom stereocenters. The van der Waals surface area contributed by atoms with Crippen LogP contribution in [0.5, 0.6) is 5.75 Å². The first-order chi connectivity index (χ1) is 17.8. The van der Waals surface area contributed by atoms with Gasteiger partial charge in [0.05, 0.1) is 27.6 Å². The van der Waals surface area contributed by atoms with E-state index < -0.39 is 40.0 Å². The molecule has 200 valence electrons. The zero-order valence-electron chi connectivity index (χ0n) is 20.9. The van der Waals surface area contributed by atoms with Gasteiger partial charge in [-0.15, -0.1) is 0 Å². The number of hydrogen-bond acceptors (Lipinski definition) is 8. The van der Waals surface area contributed by atoms with Crippen molar-refractivity contribution in [2.75, 3.05) is 6.61 Å². The van der Waals surface area contributed by atoms with Crippen LogP contribution in [0.4, 0.5) is 13.2 Å². The molecular weight excluding hydrogens is 570 g/mol. The van der Waals surface area contributed by atoms with Crippen LogP contribution >= 0.6 is 0 Å². The van der Waals surface area contributed by atoms with Gasteiger partial charge < -0.3 is 19.2 Å². The van der Waals surface area contributed by atoms with Gasteiger partial charge in [-0.3, -0.25) is 4.98 Å². The summed E-state index contributed by atoms with van der Waals surface area (Å²) >= 11 is -2.16. The van der Waals surface area contributed by atoms with Crippen molar-refractivity contribution in [3.63, 3.8) is 0 Å². The van der Waals surface area contributed by atoms with Gasteiger partial charge in [0.2, 0.25) is 0 Å². The van der Waals surface area contributed by atoms with Crippen LogP contribution in [-0.2, 0) is 27.0 Å². The fourth-order valence-corrected chi connectivity index (χ4v) is 6.97. The number of carboxylic acid groups (broad SMARTS) is 1. The smallest absolute Gasteiger partial charge is 0.609 e. The molecule has 0 N–H and O–H groups in total. The van der Waals surface area contributed by atoms with Crippen LogP contribution < -0.4 is 39.4 Å². The van der Waals surface area contributed by atoms with Gasteiger partial charge in [-0.2, -0.15) is 22.1 Å². The first-order valence-electron chi connectivity index (χ1n) is 10.9. The van der Waals surface area contributed by atoms with E-state index in [1.807, 2.05) is 0 Å². The normalized spacial score (nSPS) is 12.7. The number of rotatable bonds is 8. The fourth-order valence-electron chi connectivity index (χ4n) is 3.67. The van der Waals surface area contributed by atoms with Crippen LogP contribution in [0.2, 0.25) is 0 Å². The fraction of sp³-hybridized carbons (Fsp3) is 0.208. The zero-order valence-corrected chi connectivity index (χ0v) is 24.5. The third-order valence-corrected chi connectivity index (χ3v) is 8.73. The Balaban J connectivity index is 0.00000420. The molecule has 0 saturated carbocycles. The second-order valence-corrected chi connectivity index (χ2v) is 11.3. The Kier molecular flexibility index (Phi) is 9.40. The first-order valence-corrected chi connectivity index (χ1v) is 13.6. The second-order valence-electron chi connectivity index (χ2n) is 8.19. The van der Waals surface area contributed by atoms with Crippen LogP contribution in [0.25, 0.3) is 11.0 Å². The minimum atomic E-state index is -4.57. The van der Waals surface area contributed by atoms with Gasteiger partial charge in [-0.25, -0.2) is 8.42 Å². The van der Waals surface area contributed by atoms with Crippen LogP contribution in [-0.4, -0.2) is 45.7 Å². The Morgan fingerprint density at radius 2 is 1.82 bits per heavy atom. The number of ether oxygens (including phenoxy) is 1. The monoisotopic (exact) mass is 589 g/mol. The summed E-state index contributed by atoms with van der Waals surface area (Å²) in [5.41, 5.74) is 0.497. The molecule has 0 aliphatic heterocycles. The number of carbonyl (C=O) groups is 1. The van der Waals surface area contributed by atoms with E-state index in [-0.39, 0.29) is 84.5 Å². The molecule has 0 fully saturated rings. The molecule has 2 aromatic heterocycles. The molecule has 4 aromatic rings. The van der Waals surface area contributed by atoms with Crippen LogP contribution in [0, 0.1) is 13.8 Å². The first kappa shape index (κ1) is 30.9. The van der Waals surface area contributed by atoms with Gasteiger partial charge in [-0.1, -0.05) is 24.3 Å². The molecule has 2 heterocycles. The molecule has 0 bridgehead atoms. The summed E-state index contributed by atoms with van der Waals surface area (Å²) in [4.78, 5) is 19.4. The maximum absolute atomic E-state index is 13.8. The van der Waals surface area contributed by atoms with Crippen molar-refractivity contribution in [3.05, 3.63) is 77.1 Å². The standard InChI is InChI=1S/C24H20F3N3O6S2.Na/c1-14-7-8-16(22(31)32)11-21(14)38(34,35)30-19-6-4-3-5-17(19)29-23(30)37(33)12-18-15(2)20(9-10-28-18)36-13-24(25,26)27;/h3-11H,12-13H2,1-2H3,(H,31,32);/q;+1/p-1. The average molecular weight is 590 g/mol. The van der Waals surface area contributed by atoms with Gasteiger partial charge in [0.15, 0.2) is 12.4 Å². The van der Waals surface area contributed by atoms with Gasteiger partial charge in [0, 0.05) is 22.9 Å². The van der Waals surface area contributed by atoms with Crippen molar-refractivity contribution in [1.82, 2.24) is 13.9 Å². The molecule has 9 nitrogen and oxygen atoms in total. The van der Waals surface area contributed by atoms with Crippen molar-refractivity contribution < 1.29 is 70.3 Å². The van der Waals surface area contributed by atoms with Gasteiger partial charge >= 0.3 is 40.9 Å². The van der Waals surface area contributed by atoms with Crippen LogP contribution in [0.1, 0.15) is 27.2 Å². The average Bonchev–Trinajstić information content (AvgIpc) is 3.25. The molecule has 39 heavy (non-hydrogen) atoms. The molecule has 0 saturated heterocycles. The summed E-state index contributed by atoms with van der Waals surface area (Å²) in [5, 5.41) is 11.0. The maximum Gasteiger partial charge on any atom is 1.00 e. The number of carboxylic acids is 1. The zero-order chi connectivity index (χ0) is 27.8. The third kappa shape index (κ3) is 6.58.